The Morgan fingerprint density at radius 2 is 2.05 bits per heavy atom. The van der Waals surface area contributed by atoms with E-state index in [1.165, 1.54) is 26.0 Å². The van der Waals surface area contributed by atoms with Gasteiger partial charge < -0.3 is 15.3 Å². The number of hydrogen-bond acceptors (Lipinski definition) is 3. The molecule has 2 amide bonds. The number of carboxylic acid groups (broad SMARTS) is 1. The zero-order chi connectivity index (χ0) is 16.9. The highest BCUT2D eigenvalue weighted by Crippen LogP contribution is 2.20. The number of aliphatic carboxylic acids is 1. The van der Waals surface area contributed by atoms with E-state index in [0.717, 1.165) is 11.0 Å². The van der Waals surface area contributed by atoms with E-state index in [9.17, 15) is 18.8 Å². The second-order valence-electron chi connectivity index (χ2n) is 4.62. The zero-order valence-corrected chi connectivity index (χ0v) is 13.7. The van der Waals surface area contributed by atoms with Crippen LogP contribution >= 0.6 is 15.9 Å². The van der Waals surface area contributed by atoms with Gasteiger partial charge in [0.05, 0.1) is 5.56 Å². The molecular weight excluding hydrogens is 359 g/mol. The normalized spacial score (nSPS) is 11.6. The van der Waals surface area contributed by atoms with Gasteiger partial charge in [-0.05, 0) is 41.1 Å². The Hall–Kier alpha value is -1.96. The third kappa shape index (κ3) is 4.80. The maximum Gasteiger partial charge on any atom is 0.326 e. The van der Waals surface area contributed by atoms with E-state index in [1.807, 2.05) is 0 Å². The van der Waals surface area contributed by atoms with Gasteiger partial charge in [-0.25, -0.2) is 9.18 Å². The van der Waals surface area contributed by atoms with Gasteiger partial charge in [0.2, 0.25) is 5.91 Å². The van der Waals surface area contributed by atoms with Crippen LogP contribution in [0.4, 0.5) is 4.39 Å². The van der Waals surface area contributed by atoms with Crippen molar-refractivity contribution in [2.45, 2.75) is 19.9 Å². The summed E-state index contributed by atoms with van der Waals surface area (Å²) in [4.78, 5) is 35.6. The number of carbonyl (C=O) groups is 3. The van der Waals surface area contributed by atoms with Gasteiger partial charge in [0.15, 0.2) is 0 Å². The lowest BCUT2D eigenvalue weighted by Crippen LogP contribution is -2.46. The Morgan fingerprint density at radius 1 is 1.41 bits per heavy atom. The molecule has 1 aromatic rings. The lowest BCUT2D eigenvalue weighted by molar-refractivity contribution is -0.141. The molecule has 120 valence electrons. The van der Waals surface area contributed by atoms with Crippen LogP contribution in [0.5, 0.6) is 0 Å². The van der Waals surface area contributed by atoms with Crippen LogP contribution in [0.1, 0.15) is 24.2 Å². The second-order valence-corrected chi connectivity index (χ2v) is 5.47. The lowest BCUT2D eigenvalue weighted by atomic mass is 10.1. The molecule has 8 heteroatoms. The minimum Gasteiger partial charge on any atom is -0.480 e. The third-order valence-electron chi connectivity index (χ3n) is 2.97. The highest BCUT2D eigenvalue weighted by atomic mass is 79.9. The Morgan fingerprint density at radius 3 is 2.59 bits per heavy atom. The minimum atomic E-state index is -1.19. The molecule has 0 aliphatic carbocycles. The van der Waals surface area contributed by atoms with E-state index in [-0.39, 0.29) is 24.6 Å². The van der Waals surface area contributed by atoms with Crippen molar-refractivity contribution in [3.8, 4) is 0 Å². The van der Waals surface area contributed by atoms with Crippen molar-refractivity contribution in [3.05, 3.63) is 34.1 Å². The van der Waals surface area contributed by atoms with Crippen LogP contribution in [-0.4, -0.2) is 46.9 Å². The highest BCUT2D eigenvalue weighted by molar-refractivity contribution is 9.10. The Kier molecular flexibility index (Phi) is 6.48. The van der Waals surface area contributed by atoms with Gasteiger partial charge in [0.25, 0.3) is 5.91 Å². The van der Waals surface area contributed by atoms with E-state index in [0.29, 0.717) is 4.47 Å². The number of nitrogens with zero attached hydrogens (tertiary/aromatic N) is 1. The summed E-state index contributed by atoms with van der Waals surface area (Å²) in [6.45, 7) is 2.76. The van der Waals surface area contributed by atoms with Gasteiger partial charge in [-0.15, -0.1) is 0 Å². The number of rotatable bonds is 6. The number of nitrogens with one attached hydrogen (secondary N) is 1. The monoisotopic (exact) mass is 374 g/mol. The maximum absolute atomic E-state index is 13.3. The largest absolute Gasteiger partial charge is 0.480 e. The summed E-state index contributed by atoms with van der Waals surface area (Å²) >= 11 is 3.15. The first kappa shape index (κ1) is 18.1. The molecule has 0 saturated carbocycles. The van der Waals surface area contributed by atoms with Crippen LogP contribution in [0.25, 0.3) is 0 Å². The van der Waals surface area contributed by atoms with Crippen LogP contribution in [0.2, 0.25) is 0 Å². The van der Waals surface area contributed by atoms with Gasteiger partial charge in [0, 0.05) is 24.5 Å². The molecule has 0 saturated heterocycles. The lowest BCUT2D eigenvalue weighted by Gasteiger charge is -2.27. The van der Waals surface area contributed by atoms with Crippen LogP contribution in [0.3, 0.4) is 0 Å². The average molecular weight is 375 g/mol. The van der Waals surface area contributed by atoms with E-state index in [2.05, 4.69) is 21.2 Å². The molecule has 0 fully saturated rings. The molecule has 0 radical (unpaired) electrons. The first-order valence-corrected chi connectivity index (χ1v) is 7.26. The fourth-order valence-corrected chi connectivity index (χ4v) is 2.19. The molecule has 0 aliphatic heterocycles. The number of halogens is 2. The van der Waals surface area contributed by atoms with Crippen molar-refractivity contribution in [1.29, 1.82) is 0 Å². The van der Waals surface area contributed by atoms with Gasteiger partial charge >= 0.3 is 5.97 Å². The predicted molar refractivity (Wildman–Crippen MR) is 80.9 cm³/mol. The summed E-state index contributed by atoms with van der Waals surface area (Å²) < 4.78 is 13.7. The van der Waals surface area contributed by atoms with Crippen molar-refractivity contribution in [3.63, 3.8) is 0 Å². The highest BCUT2D eigenvalue weighted by Gasteiger charge is 2.27. The molecule has 2 N–H and O–H groups in total. The summed E-state index contributed by atoms with van der Waals surface area (Å²) in [6, 6.07) is 2.48. The summed E-state index contributed by atoms with van der Waals surface area (Å²) in [7, 11) is 0. The number of carboxylic acids is 1. The minimum absolute atomic E-state index is 0.00513. The number of benzene rings is 1. The van der Waals surface area contributed by atoms with Crippen molar-refractivity contribution in [2.24, 2.45) is 0 Å². The first-order valence-electron chi connectivity index (χ1n) is 6.47. The van der Waals surface area contributed by atoms with Gasteiger partial charge in [-0.1, -0.05) is 0 Å². The molecular formula is C14H16BrFN2O4. The molecule has 0 aromatic heterocycles. The van der Waals surface area contributed by atoms with Gasteiger partial charge in [-0.3, -0.25) is 9.59 Å². The topological polar surface area (TPSA) is 86.7 Å². The summed E-state index contributed by atoms with van der Waals surface area (Å²) in [5.74, 6) is -2.71. The van der Waals surface area contributed by atoms with E-state index < -0.39 is 23.7 Å². The molecule has 0 bridgehead atoms. The van der Waals surface area contributed by atoms with Crippen molar-refractivity contribution < 1.29 is 23.9 Å². The summed E-state index contributed by atoms with van der Waals surface area (Å²) in [5, 5.41) is 11.6. The average Bonchev–Trinajstić information content (AvgIpc) is 2.44. The summed E-state index contributed by atoms with van der Waals surface area (Å²) in [6.07, 6.45) is 0. The molecule has 1 aromatic carbocycles. The molecule has 6 nitrogen and oxygen atoms in total. The van der Waals surface area contributed by atoms with Crippen molar-refractivity contribution in [2.75, 3.05) is 13.1 Å². The molecule has 22 heavy (non-hydrogen) atoms. The standard InChI is InChI=1S/C14H16BrFN2O4/c1-8(14(21)22)18(6-5-17-9(2)19)13(20)11-7-10(16)3-4-12(11)15/h3-4,7-8H,5-6H2,1-2H3,(H,17,19)(H,21,22). The van der Waals surface area contributed by atoms with Gasteiger partial charge in [0.1, 0.15) is 11.9 Å². The smallest absolute Gasteiger partial charge is 0.326 e. The number of amides is 2. The molecule has 1 rings (SSSR count). The Labute approximate surface area is 135 Å². The quantitative estimate of drug-likeness (QED) is 0.792. The molecule has 1 atom stereocenters. The van der Waals surface area contributed by atoms with Crippen molar-refractivity contribution >= 4 is 33.7 Å². The van der Waals surface area contributed by atoms with Crippen molar-refractivity contribution in [1.82, 2.24) is 10.2 Å². The van der Waals surface area contributed by atoms with Crippen LogP contribution < -0.4 is 5.32 Å². The number of hydrogen-bond donors (Lipinski definition) is 2. The molecule has 0 heterocycles. The SMILES string of the molecule is CC(=O)NCCN(C(=O)c1cc(F)ccc1Br)C(C)C(=O)O. The third-order valence-corrected chi connectivity index (χ3v) is 3.66. The fraction of sp³-hybridized carbons (Fsp3) is 0.357. The van der Waals surface area contributed by atoms with Gasteiger partial charge in [-0.2, -0.15) is 0 Å². The van der Waals surface area contributed by atoms with Crippen LogP contribution in [-0.2, 0) is 9.59 Å². The Balaban J connectivity index is 3.03. The number of carbonyl (C=O) groups excluding carboxylic acids is 2. The summed E-state index contributed by atoms with van der Waals surface area (Å²) in [5.41, 5.74) is 0.0240. The molecule has 1 unspecified atom stereocenters. The molecule has 0 spiro atoms. The zero-order valence-electron chi connectivity index (χ0n) is 12.1. The van der Waals surface area contributed by atoms with Crippen LogP contribution in [0, 0.1) is 5.82 Å². The molecule has 0 aliphatic rings. The first-order chi connectivity index (χ1) is 10.2. The maximum atomic E-state index is 13.3. The second kappa shape index (κ2) is 7.88. The fourth-order valence-electron chi connectivity index (χ4n) is 1.77. The van der Waals surface area contributed by atoms with Crippen LogP contribution in [0.15, 0.2) is 22.7 Å². The predicted octanol–water partition coefficient (Wildman–Crippen LogP) is 1.64. The van der Waals surface area contributed by atoms with E-state index >= 15 is 0 Å². The Bertz CT molecular complexity index is 594. The van der Waals surface area contributed by atoms with E-state index in [4.69, 9.17) is 5.11 Å². The van der Waals surface area contributed by atoms with E-state index in [1.54, 1.807) is 0 Å².